The number of aromatic nitrogens is 5. The summed E-state index contributed by atoms with van der Waals surface area (Å²) in [6.45, 7) is 2.36. The lowest BCUT2D eigenvalue weighted by Gasteiger charge is -2.40. The van der Waals surface area contributed by atoms with Crippen molar-refractivity contribution in [2.24, 2.45) is 5.92 Å². The van der Waals surface area contributed by atoms with Crippen molar-refractivity contribution in [1.82, 2.24) is 25.1 Å². The minimum Gasteiger partial charge on any atom is -0.367 e. The van der Waals surface area contributed by atoms with E-state index < -0.39 is 5.82 Å². The summed E-state index contributed by atoms with van der Waals surface area (Å²) in [5, 5.41) is 11.6. The van der Waals surface area contributed by atoms with Gasteiger partial charge in [-0.3, -0.25) is 4.98 Å². The highest BCUT2D eigenvalue weighted by Crippen LogP contribution is 2.24. The second-order valence-electron chi connectivity index (χ2n) is 5.88. The maximum absolute atomic E-state index is 13.5. The van der Waals surface area contributed by atoms with E-state index in [0.29, 0.717) is 12.5 Å². The largest absolute Gasteiger partial charge is 0.367 e. The molecule has 4 rings (SSSR count). The van der Waals surface area contributed by atoms with Crippen molar-refractivity contribution < 1.29 is 4.39 Å². The van der Waals surface area contributed by atoms with Gasteiger partial charge in [-0.05, 0) is 24.3 Å². The van der Waals surface area contributed by atoms with Gasteiger partial charge < -0.3 is 10.2 Å². The topological polar surface area (TPSA) is 79.7 Å². The Kier molecular flexibility index (Phi) is 4.16. The maximum atomic E-state index is 13.5. The van der Waals surface area contributed by atoms with E-state index in [1.165, 1.54) is 6.33 Å². The summed E-state index contributed by atoms with van der Waals surface area (Å²) in [4.78, 5) is 13.7. The van der Waals surface area contributed by atoms with E-state index in [4.69, 9.17) is 0 Å². The molecule has 8 heteroatoms. The van der Waals surface area contributed by atoms with Crippen LogP contribution in [0.25, 0.3) is 11.3 Å². The fourth-order valence-electron chi connectivity index (χ4n) is 2.74. The number of hydrogen-bond donors (Lipinski definition) is 1. The minimum absolute atomic E-state index is 0.245. The quantitative estimate of drug-likeness (QED) is 0.763. The van der Waals surface area contributed by atoms with Crippen molar-refractivity contribution in [1.29, 1.82) is 0 Å². The number of rotatable bonds is 5. The molecule has 0 unspecified atom stereocenters. The Morgan fingerprint density at radius 3 is 2.64 bits per heavy atom. The van der Waals surface area contributed by atoms with Gasteiger partial charge in [-0.2, -0.15) is 0 Å². The minimum atomic E-state index is -0.434. The molecule has 0 bridgehead atoms. The third-order valence-corrected chi connectivity index (χ3v) is 4.13. The van der Waals surface area contributed by atoms with Crippen molar-refractivity contribution in [3.05, 3.63) is 55.0 Å². The zero-order chi connectivity index (χ0) is 17.1. The summed E-state index contributed by atoms with van der Waals surface area (Å²) < 4.78 is 13.5. The number of anilines is 2. The first-order valence-corrected chi connectivity index (χ1v) is 7.98. The van der Waals surface area contributed by atoms with Crippen LogP contribution in [0.2, 0.25) is 0 Å². The van der Waals surface area contributed by atoms with Gasteiger partial charge in [0.1, 0.15) is 6.33 Å². The van der Waals surface area contributed by atoms with E-state index in [9.17, 15) is 4.39 Å². The molecule has 0 amide bonds. The van der Waals surface area contributed by atoms with E-state index >= 15 is 0 Å². The van der Waals surface area contributed by atoms with E-state index in [2.05, 4.69) is 35.4 Å². The molecule has 0 atom stereocenters. The zero-order valence-electron chi connectivity index (χ0n) is 13.4. The zero-order valence-corrected chi connectivity index (χ0v) is 13.4. The standard InChI is InChI=1S/C17H16FN7/c18-14-8-20-11-22-17(14)21-7-12-9-25(10-12)16-2-1-15(23-24-16)13-3-5-19-6-4-13/h1-6,8,11-12H,7,9-10H2,(H,20,21,22). The van der Waals surface area contributed by atoms with Gasteiger partial charge in [-0.15, -0.1) is 10.2 Å². The molecule has 0 aromatic carbocycles. The van der Waals surface area contributed by atoms with E-state index in [1.54, 1.807) is 12.4 Å². The number of halogens is 1. The Balaban J connectivity index is 1.31. The van der Waals surface area contributed by atoms with Gasteiger partial charge in [0.05, 0.1) is 11.9 Å². The molecular formula is C17H16FN7. The van der Waals surface area contributed by atoms with Crippen LogP contribution in [0.15, 0.2) is 49.2 Å². The summed E-state index contributed by atoms with van der Waals surface area (Å²) >= 11 is 0. The predicted octanol–water partition coefficient (Wildman–Crippen LogP) is 2.02. The molecule has 7 nitrogen and oxygen atoms in total. The van der Waals surface area contributed by atoms with Crippen LogP contribution in [-0.2, 0) is 0 Å². The maximum Gasteiger partial charge on any atom is 0.183 e. The summed E-state index contributed by atoms with van der Waals surface area (Å²) in [5.74, 6) is 1.07. The predicted molar refractivity (Wildman–Crippen MR) is 91.4 cm³/mol. The van der Waals surface area contributed by atoms with Crippen LogP contribution in [0.3, 0.4) is 0 Å². The molecule has 1 fully saturated rings. The molecule has 0 saturated carbocycles. The average molecular weight is 337 g/mol. The monoisotopic (exact) mass is 337 g/mol. The normalized spacial score (nSPS) is 14.2. The van der Waals surface area contributed by atoms with Crippen molar-refractivity contribution in [2.75, 3.05) is 29.9 Å². The second kappa shape index (κ2) is 6.76. The lowest BCUT2D eigenvalue weighted by molar-refractivity contribution is 0.424. The van der Waals surface area contributed by atoms with Crippen molar-refractivity contribution in [2.45, 2.75) is 0 Å². The molecule has 126 valence electrons. The molecule has 3 aromatic heterocycles. The Morgan fingerprint density at radius 1 is 1.08 bits per heavy atom. The third-order valence-electron chi connectivity index (χ3n) is 4.13. The van der Waals surface area contributed by atoms with Crippen molar-refractivity contribution >= 4 is 11.6 Å². The van der Waals surface area contributed by atoms with E-state index in [-0.39, 0.29) is 5.82 Å². The van der Waals surface area contributed by atoms with Gasteiger partial charge in [-0.1, -0.05) is 0 Å². The molecule has 4 heterocycles. The van der Waals surface area contributed by atoms with Crippen LogP contribution >= 0.6 is 0 Å². The second-order valence-corrected chi connectivity index (χ2v) is 5.88. The van der Waals surface area contributed by atoms with Crippen LogP contribution in [0.4, 0.5) is 16.0 Å². The molecule has 1 N–H and O–H groups in total. The summed E-state index contributed by atoms with van der Waals surface area (Å²) in [6, 6.07) is 7.73. The molecule has 0 spiro atoms. The molecule has 1 aliphatic heterocycles. The van der Waals surface area contributed by atoms with Gasteiger partial charge in [0.25, 0.3) is 0 Å². The first kappa shape index (κ1) is 15.4. The Hall–Kier alpha value is -3.16. The summed E-state index contributed by atoms with van der Waals surface area (Å²) in [7, 11) is 0. The fraction of sp³-hybridized carbons (Fsp3) is 0.235. The van der Waals surface area contributed by atoms with Crippen LogP contribution in [0.5, 0.6) is 0 Å². The first-order chi connectivity index (χ1) is 12.3. The van der Waals surface area contributed by atoms with Gasteiger partial charge in [0.15, 0.2) is 17.5 Å². The molecule has 1 aliphatic rings. The number of nitrogens with one attached hydrogen (secondary N) is 1. The first-order valence-electron chi connectivity index (χ1n) is 7.98. The van der Waals surface area contributed by atoms with Crippen LogP contribution in [0.1, 0.15) is 0 Å². The lowest BCUT2D eigenvalue weighted by Crippen LogP contribution is -2.50. The summed E-state index contributed by atoms with van der Waals surface area (Å²) in [5.41, 5.74) is 1.82. The highest BCUT2D eigenvalue weighted by molar-refractivity contribution is 5.59. The summed E-state index contributed by atoms with van der Waals surface area (Å²) in [6.07, 6.45) is 5.96. The lowest BCUT2D eigenvalue weighted by atomic mass is 10.0. The van der Waals surface area contributed by atoms with E-state index in [0.717, 1.165) is 36.4 Å². The SMILES string of the molecule is Fc1cncnc1NCC1CN(c2ccc(-c3ccncc3)nn2)C1. The van der Waals surface area contributed by atoms with Gasteiger partial charge >= 0.3 is 0 Å². The molecular weight excluding hydrogens is 321 g/mol. The molecule has 1 saturated heterocycles. The van der Waals surface area contributed by atoms with Crippen LogP contribution in [0, 0.1) is 11.7 Å². The average Bonchev–Trinajstić information content (AvgIpc) is 2.63. The highest BCUT2D eigenvalue weighted by atomic mass is 19.1. The molecule has 0 radical (unpaired) electrons. The van der Waals surface area contributed by atoms with Crippen LogP contribution < -0.4 is 10.2 Å². The number of nitrogens with zero attached hydrogens (tertiary/aromatic N) is 6. The molecule has 25 heavy (non-hydrogen) atoms. The van der Waals surface area contributed by atoms with Crippen molar-refractivity contribution in [3.8, 4) is 11.3 Å². The smallest absolute Gasteiger partial charge is 0.183 e. The Labute approximate surface area is 144 Å². The van der Waals surface area contributed by atoms with Gasteiger partial charge in [-0.25, -0.2) is 14.4 Å². The molecule has 0 aliphatic carbocycles. The van der Waals surface area contributed by atoms with Gasteiger partial charge in [0, 0.05) is 43.5 Å². The van der Waals surface area contributed by atoms with Crippen molar-refractivity contribution in [3.63, 3.8) is 0 Å². The Morgan fingerprint density at radius 2 is 1.92 bits per heavy atom. The number of pyridine rings is 1. The Bertz CT molecular complexity index is 835. The third kappa shape index (κ3) is 3.37. The van der Waals surface area contributed by atoms with Crippen LogP contribution in [-0.4, -0.2) is 44.8 Å². The molecule has 3 aromatic rings. The number of hydrogen-bond acceptors (Lipinski definition) is 7. The van der Waals surface area contributed by atoms with Gasteiger partial charge in [0.2, 0.25) is 0 Å². The van der Waals surface area contributed by atoms with E-state index in [1.807, 2.05) is 24.3 Å². The highest BCUT2D eigenvalue weighted by Gasteiger charge is 2.28. The fourth-order valence-corrected chi connectivity index (χ4v) is 2.74.